The second-order valence-corrected chi connectivity index (χ2v) is 12.6. The molecule has 21 nitrogen and oxygen atoms in total. The van der Waals surface area contributed by atoms with Crippen molar-refractivity contribution < 1.29 is 61.4 Å². The van der Waals surface area contributed by atoms with Crippen molar-refractivity contribution in [2.45, 2.75) is 31.0 Å². The van der Waals surface area contributed by atoms with Gasteiger partial charge in [0.2, 0.25) is 0 Å². The number of aliphatic hydroxyl groups is 2. The number of ether oxygens (including phenoxy) is 1. The number of nitrogens with zero attached hydrogens (tertiary/aromatic N) is 6. The summed E-state index contributed by atoms with van der Waals surface area (Å²) in [5.41, 5.74) is 4.19. The monoisotopic (exact) mass is 618 g/mol. The zero-order valence-electron chi connectivity index (χ0n) is 20.0. The molecular weight excluding hydrogens is 593 g/mol. The van der Waals surface area contributed by atoms with E-state index in [0.717, 1.165) is 18.4 Å². The van der Waals surface area contributed by atoms with E-state index >= 15 is 0 Å². The summed E-state index contributed by atoms with van der Waals surface area (Å²) in [6.45, 7) is 3.57. The highest BCUT2D eigenvalue weighted by atomic mass is 31.3. The maximum atomic E-state index is 12.1. The van der Waals surface area contributed by atoms with Gasteiger partial charge >= 0.3 is 23.5 Å². The van der Waals surface area contributed by atoms with Gasteiger partial charge in [-0.05, 0) is 13.6 Å². The Bertz CT molecular complexity index is 1420. The molecule has 3 unspecified atom stereocenters. The van der Waals surface area contributed by atoms with Crippen molar-refractivity contribution in [1.82, 2.24) is 19.7 Å². The molecule has 2 aromatic heterocycles. The number of aliphatic hydroxyl groups excluding tert-OH is 1. The topological polar surface area (TPSA) is 320 Å². The average Bonchev–Trinajstić information content (AvgIpc) is 3.24. The number of hydrazone groups is 1. The summed E-state index contributed by atoms with van der Waals surface area (Å²) in [6, 6.07) is 0. The molecule has 0 amide bonds. The van der Waals surface area contributed by atoms with Gasteiger partial charge in [0.25, 0.3) is 0 Å². The van der Waals surface area contributed by atoms with E-state index in [2.05, 4.69) is 39.9 Å². The van der Waals surface area contributed by atoms with Gasteiger partial charge in [0.1, 0.15) is 35.6 Å². The highest BCUT2D eigenvalue weighted by Gasteiger charge is 2.54. The first-order valence-corrected chi connectivity index (χ1v) is 14.8. The lowest BCUT2D eigenvalue weighted by atomic mass is 9.96. The average molecular weight is 618 g/mol. The van der Waals surface area contributed by atoms with E-state index in [-0.39, 0.29) is 28.3 Å². The van der Waals surface area contributed by atoms with Crippen LogP contribution in [-0.4, -0.2) is 93.5 Å². The number of hydrazine groups is 1. The van der Waals surface area contributed by atoms with Crippen LogP contribution in [0.15, 0.2) is 22.6 Å². The summed E-state index contributed by atoms with van der Waals surface area (Å²) in [4.78, 5) is 48.1. The highest BCUT2D eigenvalue weighted by Crippen LogP contribution is 2.66. The van der Waals surface area contributed by atoms with Crippen molar-refractivity contribution in [2.75, 3.05) is 19.4 Å². The van der Waals surface area contributed by atoms with Crippen LogP contribution < -0.4 is 11.6 Å². The Hall–Kier alpha value is -2.19. The van der Waals surface area contributed by atoms with Crippen LogP contribution >= 0.6 is 23.5 Å². The molecule has 0 radical (unpaired) electrons. The minimum absolute atomic E-state index is 0.0207. The van der Waals surface area contributed by atoms with E-state index in [0.29, 0.717) is 0 Å². The fourth-order valence-electron chi connectivity index (χ4n) is 3.63. The number of nitrogens with two attached hydrogens (primary N) is 2. The van der Waals surface area contributed by atoms with Gasteiger partial charge in [0.05, 0.1) is 17.6 Å². The number of rotatable bonds is 10. The molecule has 218 valence electrons. The molecule has 0 bridgehead atoms. The number of amidine groups is 1. The number of fused-ring (bicyclic) bond motifs is 1. The molecule has 0 aromatic carbocycles. The molecular formula is C15H25N8O13P3. The van der Waals surface area contributed by atoms with Gasteiger partial charge in [-0.1, -0.05) is 0 Å². The fraction of sp³-hybridized carbons (Fsp3) is 0.467. The van der Waals surface area contributed by atoms with Crippen LogP contribution in [0.2, 0.25) is 0 Å². The van der Waals surface area contributed by atoms with E-state index in [1.807, 2.05) is 0 Å². The van der Waals surface area contributed by atoms with Crippen LogP contribution in [0.4, 0.5) is 5.82 Å². The van der Waals surface area contributed by atoms with Gasteiger partial charge in [-0.15, -0.1) is 5.10 Å². The number of hydrogen-bond donors (Lipinski definition) is 8. The van der Waals surface area contributed by atoms with Crippen molar-refractivity contribution in [1.29, 1.82) is 0 Å². The van der Waals surface area contributed by atoms with Gasteiger partial charge in [0, 0.05) is 13.2 Å². The summed E-state index contributed by atoms with van der Waals surface area (Å²) in [5, 5.41) is 26.9. The minimum atomic E-state index is -5.77. The lowest BCUT2D eigenvalue weighted by Gasteiger charge is -2.27. The molecule has 2 aromatic rings. The zero-order chi connectivity index (χ0) is 29.6. The maximum absolute atomic E-state index is 12.1. The van der Waals surface area contributed by atoms with Gasteiger partial charge in [-0.3, -0.25) is 4.52 Å². The first kappa shape index (κ1) is 31.3. The minimum Gasteiger partial charge on any atom is -0.387 e. The quantitative estimate of drug-likeness (QED) is 0.0495. The van der Waals surface area contributed by atoms with Crippen LogP contribution in [0, 0.1) is 0 Å². The van der Waals surface area contributed by atoms with Crippen LogP contribution in [0.3, 0.4) is 0 Å². The predicted octanol–water partition coefficient (Wildman–Crippen LogP) is -1.47. The number of nitrogen functional groups attached to an aromatic ring is 1. The van der Waals surface area contributed by atoms with Crippen LogP contribution in [-0.2, 0) is 31.6 Å². The zero-order valence-corrected chi connectivity index (χ0v) is 22.7. The summed E-state index contributed by atoms with van der Waals surface area (Å²) in [6.07, 6.45) is -2.39. The predicted molar refractivity (Wildman–Crippen MR) is 130 cm³/mol. The molecule has 1 aliphatic rings. The molecule has 3 heterocycles. The third kappa shape index (κ3) is 7.12. The van der Waals surface area contributed by atoms with Crippen molar-refractivity contribution in [3.8, 4) is 0 Å². The van der Waals surface area contributed by atoms with E-state index in [4.69, 9.17) is 26.1 Å². The molecule has 1 aliphatic heterocycles. The Balaban J connectivity index is 1.92. The normalized spacial score (nSPS) is 27.3. The summed E-state index contributed by atoms with van der Waals surface area (Å²) < 4.78 is 53.1. The fourth-order valence-corrected chi connectivity index (χ4v) is 6.66. The molecule has 24 heteroatoms. The van der Waals surface area contributed by atoms with Gasteiger partial charge in [-0.25, -0.2) is 39.6 Å². The second kappa shape index (κ2) is 11.0. The summed E-state index contributed by atoms with van der Waals surface area (Å²) >= 11 is 0. The van der Waals surface area contributed by atoms with E-state index in [9.17, 15) is 33.7 Å². The third-order valence-electron chi connectivity index (χ3n) is 5.11. The molecule has 10 N–H and O–H groups in total. The standard InChI is InChI=1S/C15H25N8O13P3/c1-15(25)10(24)8(5-33-38(29,30)36-39(31,32)35-37(26,27)28)34-14(15)23-4-7(12(18-2)21-22(3)17)9-11(16)19-6-20-13(9)23/h4,6,8,10,14,24-25H,2,5,17H2,1,3H3,(H,29,30)(H,31,32)(H2,16,19,20)(H2,26,27,28)/b21-12-/t8?,10-,14-,15-/m1/s1. The SMILES string of the molecule is C=N/C(=N\N(C)N)c1cn([C@@H]2OC(COP(=O)(O)OP(=O)(O)OP(=O)(O)O)[C@@H](O)[C@@]2(C)O)c2ncnc(N)c12. The second-order valence-electron chi connectivity index (χ2n) is 8.15. The lowest BCUT2D eigenvalue weighted by Crippen LogP contribution is -2.44. The first-order chi connectivity index (χ1) is 17.8. The Kier molecular flexibility index (Phi) is 8.84. The molecule has 0 spiro atoms. The van der Waals surface area contributed by atoms with Crippen molar-refractivity contribution in [3.63, 3.8) is 0 Å². The van der Waals surface area contributed by atoms with E-state index in [1.54, 1.807) is 0 Å². The lowest BCUT2D eigenvalue weighted by molar-refractivity contribution is -0.0947. The number of anilines is 1. The third-order valence-corrected chi connectivity index (χ3v) is 8.91. The molecule has 1 fully saturated rings. The number of hydrogen-bond acceptors (Lipinski definition) is 15. The summed E-state index contributed by atoms with van der Waals surface area (Å²) in [7, 11) is -15.5. The number of phosphoric acid groups is 3. The molecule has 0 aliphatic carbocycles. The first-order valence-electron chi connectivity index (χ1n) is 10.3. The Morgan fingerprint density at radius 1 is 1.26 bits per heavy atom. The van der Waals surface area contributed by atoms with Crippen LogP contribution in [0.25, 0.3) is 11.0 Å². The molecule has 39 heavy (non-hydrogen) atoms. The Labute approximate surface area is 218 Å². The maximum Gasteiger partial charge on any atom is 0.490 e. The van der Waals surface area contributed by atoms with Gasteiger partial charge < -0.3 is 44.8 Å². The van der Waals surface area contributed by atoms with Crippen molar-refractivity contribution in [2.24, 2.45) is 15.9 Å². The van der Waals surface area contributed by atoms with Crippen LogP contribution in [0.1, 0.15) is 18.7 Å². The molecule has 1 saturated heterocycles. The smallest absolute Gasteiger partial charge is 0.387 e. The Morgan fingerprint density at radius 3 is 2.46 bits per heavy atom. The highest BCUT2D eigenvalue weighted by molar-refractivity contribution is 7.66. The van der Waals surface area contributed by atoms with Gasteiger partial charge in [0.15, 0.2) is 12.1 Å². The number of aliphatic imine (C=N–C) groups is 1. The largest absolute Gasteiger partial charge is 0.490 e. The molecule has 3 rings (SSSR count). The summed E-state index contributed by atoms with van der Waals surface area (Å²) in [5.74, 6) is 5.54. The van der Waals surface area contributed by atoms with E-state index in [1.165, 1.54) is 17.8 Å². The molecule has 0 saturated carbocycles. The van der Waals surface area contributed by atoms with Crippen molar-refractivity contribution in [3.05, 3.63) is 18.1 Å². The van der Waals surface area contributed by atoms with Crippen LogP contribution in [0.5, 0.6) is 0 Å². The molecule has 6 atom stereocenters. The number of phosphoric ester groups is 1. The van der Waals surface area contributed by atoms with Crippen molar-refractivity contribution >= 4 is 52.9 Å². The van der Waals surface area contributed by atoms with Gasteiger partial charge in [-0.2, -0.15) is 8.62 Å². The van der Waals surface area contributed by atoms with E-state index < -0.39 is 54.1 Å². The Morgan fingerprint density at radius 2 is 1.90 bits per heavy atom. The number of aromatic nitrogens is 3.